The van der Waals surface area contributed by atoms with Crippen molar-refractivity contribution < 1.29 is 18.7 Å². The van der Waals surface area contributed by atoms with Crippen LogP contribution in [0.15, 0.2) is 36.7 Å². The second-order valence-electron chi connectivity index (χ2n) is 8.09. The molecule has 2 aliphatic rings. The van der Waals surface area contributed by atoms with Gasteiger partial charge in [0.2, 0.25) is 0 Å². The molecule has 8 heteroatoms. The lowest BCUT2D eigenvalue weighted by molar-refractivity contribution is 0.0939. The normalized spacial score (nSPS) is 17.8. The lowest BCUT2D eigenvalue weighted by Gasteiger charge is -2.24. The number of ether oxygens (including phenoxy) is 2. The Morgan fingerprint density at radius 1 is 1.25 bits per heavy atom. The van der Waals surface area contributed by atoms with Gasteiger partial charge in [-0.1, -0.05) is 18.9 Å². The van der Waals surface area contributed by atoms with Crippen LogP contribution in [0.5, 0.6) is 11.5 Å². The molecule has 0 fully saturated rings. The van der Waals surface area contributed by atoms with Crippen molar-refractivity contribution in [2.75, 3.05) is 25.6 Å². The first kappa shape index (κ1) is 20.4. The SMILES string of the molecule is COc1c(F)cccc1Nc1c2[nH]c3c1C(=O)NCC3CCCCCOc1cnccc1-2. The number of carbonyl (C=O) groups is 1. The van der Waals surface area contributed by atoms with E-state index in [9.17, 15) is 9.18 Å². The van der Waals surface area contributed by atoms with Crippen LogP contribution in [0.4, 0.5) is 15.8 Å². The maximum Gasteiger partial charge on any atom is 0.255 e. The van der Waals surface area contributed by atoms with Crippen LogP contribution in [0.1, 0.15) is 47.7 Å². The summed E-state index contributed by atoms with van der Waals surface area (Å²) in [5.74, 6) is 0.257. The number of methoxy groups -OCH3 is 1. The molecule has 5 rings (SSSR count). The van der Waals surface area contributed by atoms with Crippen LogP contribution in [0.2, 0.25) is 0 Å². The quantitative estimate of drug-likeness (QED) is 0.552. The molecule has 3 aromatic rings. The number of benzene rings is 1. The molecule has 166 valence electrons. The highest BCUT2D eigenvalue weighted by Crippen LogP contribution is 2.44. The Hall–Kier alpha value is -3.55. The molecule has 3 N–H and O–H groups in total. The van der Waals surface area contributed by atoms with Crippen molar-refractivity contribution in [1.29, 1.82) is 0 Å². The molecule has 1 aromatic carbocycles. The van der Waals surface area contributed by atoms with Crippen LogP contribution in [0, 0.1) is 5.82 Å². The first-order chi connectivity index (χ1) is 15.7. The highest BCUT2D eigenvalue weighted by atomic mass is 19.1. The monoisotopic (exact) mass is 436 g/mol. The van der Waals surface area contributed by atoms with Gasteiger partial charge in [0.1, 0.15) is 5.75 Å². The fraction of sp³-hybridized carbons (Fsp3) is 0.333. The first-order valence-electron chi connectivity index (χ1n) is 10.9. The Kier molecular flexibility index (Phi) is 5.43. The predicted molar refractivity (Wildman–Crippen MR) is 119 cm³/mol. The minimum Gasteiger partial charge on any atom is -0.492 e. The zero-order valence-corrected chi connectivity index (χ0v) is 17.8. The van der Waals surface area contributed by atoms with Gasteiger partial charge in [-0.25, -0.2) is 4.39 Å². The van der Waals surface area contributed by atoms with Crippen molar-refractivity contribution in [3.63, 3.8) is 0 Å². The number of aromatic amines is 1. The number of fused-ring (bicyclic) bond motifs is 3. The fourth-order valence-electron chi connectivity index (χ4n) is 4.54. The van der Waals surface area contributed by atoms with Gasteiger partial charge in [-0.2, -0.15) is 0 Å². The number of nitrogens with zero attached hydrogens (tertiary/aromatic N) is 1. The molecular formula is C24H25FN4O3. The summed E-state index contributed by atoms with van der Waals surface area (Å²) in [5.41, 5.74) is 3.95. The minimum absolute atomic E-state index is 0.0882. The van der Waals surface area contributed by atoms with E-state index in [-0.39, 0.29) is 17.6 Å². The number of hydrogen-bond acceptors (Lipinski definition) is 5. The third-order valence-electron chi connectivity index (χ3n) is 6.11. The van der Waals surface area contributed by atoms with Gasteiger partial charge in [0.05, 0.1) is 42.5 Å². The van der Waals surface area contributed by atoms with E-state index in [0.717, 1.165) is 36.9 Å². The molecule has 1 amide bonds. The average Bonchev–Trinajstić information content (AvgIpc) is 3.17. The van der Waals surface area contributed by atoms with Crippen molar-refractivity contribution in [2.45, 2.75) is 31.6 Å². The van der Waals surface area contributed by atoms with Crippen molar-refractivity contribution in [3.05, 3.63) is 53.7 Å². The van der Waals surface area contributed by atoms with Crippen molar-refractivity contribution in [3.8, 4) is 22.8 Å². The molecule has 2 aromatic heterocycles. The maximum atomic E-state index is 14.4. The standard InChI is InChI=1S/C24H25FN4O3/c1-31-23-16(25)7-5-8-17(23)28-22-19-20-14(12-27-24(19)30)6-3-2-4-11-32-18-13-26-10-9-15(18)21(22)29-20/h5,7-10,13-14,28-29H,2-4,6,11-12H2,1H3,(H,27,30). The molecule has 2 bridgehead atoms. The number of nitrogens with one attached hydrogen (secondary N) is 3. The number of pyridine rings is 1. The predicted octanol–water partition coefficient (Wildman–Crippen LogP) is 4.75. The molecule has 2 aliphatic heterocycles. The number of hydrogen-bond donors (Lipinski definition) is 3. The minimum atomic E-state index is -0.482. The van der Waals surface area contributed by atoms with E-state index in [2.05, 4.69) is 20.6 Å². The Bertz CT molecular complexity index is 1160. The van der Waals surface area contributed by atoms with Crippen LogP contribution >= 0.6 is 0 Å². The zero-order valence-electron chi connectivity index (χ0n) is 17.8. The summed E-state index contributed by atoms with van der Waals surface area (Å²) in [4.78, 5) is 20.8. The largest absolute Gasteiger partial charge is 0.492 e. The molecule has 0 aliphatic carbocycles. The van der Waals surface area contributed by atoms with Crippen LogP contribution in [-0.4, -0.2) is 36.1 Å². The van der Waals surface area contributed by atoms with Crippen molar-refractivity contribution >= 4 is 17.3 Å². The maximum absolute atomic E-state index is 14.4. The number of halogens is 1. The summed E-state index contributed by atoms with van der Waals surface area (Å²) >= 11 is 0. The topological polar surface area (TPSA) is 88.3 Å². The number of anilines is 2. The fourth-order valence-corrected chi connectivity index (χ4v) is 4.54. The van der Waals surface area contributed by atoms with E-state index in [1.165, 1.54) is 13.2 Å². The van der Waals surface area contributed by atoms with Gasteiger partial charge in [-0.3, -0.25) is 9.78 Å². The van der Waals surface area contributed by atoms with Crippen LogP contribution in [-0.2, 0) is 0 Å². The summed E-state index contributed by atoms with van der Waals surface area (Å²) in [5, 5.41) is 6.31. The van der Waals surface area contributed by atoms with Crippen LogP contribution in [0.25, 0.3) is 11.3 Å². The van der Waals surface area contributed by atoms with E-state index in [1.54, 1.807) is 24.5 Å². The van der Waals surface area contributed by atoms with Gasteiger partial charge in [0.25, 0.3) is 5.91 Å². The van der Waals surface area contributed by atoms with Gasteiger partial charge < -0.3 is 25.1 Å². The summed E-state index contributed by atoms with van der Waals surface area (Å²) in [6.07, 6.45) is 7.38. The van der Waals surface area contributed by atoms with Crippen molar-refractivity contribution in [1.82, 2.24) is 15.3 Å². The lowest BCUT2D eigenvalue weighted by Crippen LogP contribution is -2.35. The van der Waals surface area contributed by atoms with Gasteiger partial charge in [0, 0.05) is 29.9 Å². The molecule has 7 nitrogen and oxygen atoms in total. The molecule has 32 heavy (non-hydrogen) atoms. The number of para-hydroxylation sites is 1. The van der Waals surface area contributed by atoms with Gasteiger partial charge in [-0.15, -0.1) is 0 Å². The van der Waals surface area contributed by atoms with Crippen LogP contribution < -0.4 is 20.1 Å². The van der Waals surface area contributed by atoms with Crippen LogP contribution in [0.3, 0.4) is 0 Å². The van der Waals surface area contributed by atoms with E-state index in [4.69, 9.17) is 9.47 Å². The first-order valence-corrected chi connectivity index (χ1v) is 10.9. The summed E-state index contributed by atoms with van der Waals surface area (Å²) in [6, 6.07) is 6.52. The lowest BCUT2D eigenvalue weighted by atomic mass is 9.91. The highest BCUT2D eigenvalue weighted by molar-refractivity contribution is 6.07. The number of carbonyl (C=O) groups excluding carboxylic acids is 1. The zero-order chi connectivity index (χ0) is 22.1. The third kappa shape index (κ3) is 3.55. The van der Waals surface area contributed by atoms with Gasteiger partial charge >= 0.3 is 0 Å². The molecule has 0 saturated heterocycles. The Balaban J connectivity index is 1.73. The Morgan fingerprint density at radius 3 is 3.03 bits per heavy atom. The van der Waals surface area contributed by atoms with Gasteiger partial charge in [-0.05, 0) is 31.0 Å². The molecule has 0 spiro atoms. The number of H-pyrrole nitrogens is 1. The average molecular weight is 436 g/mol. The van der Waals surface area contributed by atoms with Crippen molar-refractivity contribution in [2.24, 2.45) is 0 Å². The molecule has 1 atom stereocenters. The summed E-state index contributed by atoms with van der Waals surface area (Å²) in [6.45, 7) is 1.19. The molecule has 0 radical (unpaired) electrons. The second kappa shape index (κ2) is 8.53. The van der Waals surface area contributed by atoms with E-state index < -0.39 is 5.82 Å². The summed E-state index contributed by atoms with van der Waals surface area (Å²) < 4.78 is 25.7. The van der Waals surface area contributed by atoms with E-state index in [0.29, 0.717) is 41.5 Å². The number of aromatic nitrogens is 2. The highest BCUT2D eigenvalue weighted by Gasteiger charge is 2.33. The van der Waals surface area contributed by atoms with Gasteiger partial charge in [0.15, 0.2) is 11.6 Å². The number of rotatable bonds is 3. The van der Waals surface area contributed by atoms with E-state index in [1.807, 2.05) is 6.07 Å². The summed E-state index contributed by atoms with van der Waals surface area (Å²) in [7, 11) is 1.42. The van der Waals surface area contributed by atoms with E-state index >= 15 is 0 Å². The Morgan fingerprint density at radius 2 is 2.16 bits per heavy atom. The molecule has 0 saturated carbocycles. The third-order valence-corrected chi connectivity index (χ3v) is 6.11. The second-order valence-corrected chi connectivity index (χ2v) is 8.09. The molecule has 4 heterocycles. The molecule has 1 unspecified atom stereocenters. The number of amides is 1. The smallest absolute Gasteiger partial charge is 0.255 e. The molecular weight excluding hydrogens is 411 g/mol. The Labute approximate surface area is 185 Å².